The molecule has 4 rings (SSSR count). The van der Waals surface area contributed by atoms with E-state index in [1.165, 1.54) is 10.9 Å². The quantitative estimate of drug-likeness (QED) is 0.741. The van der Waals surface area contributed by atoms with Crippen LogP contribution in [0, 0.1) is 6.92 Å². The lowest BCUT2D eigenvalue weighted by molar-refractivity contribution is 0.275. The zero-order valence-electron chi connectivity index (χ0n) is 11.9. The lowest BCUT2D eigenvalue weighted by Crippen LogP contribution is -2.48. The molecule has 1 N–H and O–H groups in total. The molecule has 0 radical (unpaired) electrons. The third-order valence-corrected chi connectivity index (χ3v) is 4.15. The van der Waals surface area contributed by atoms with Crippen LogP contribution in [0.3, 0.4) is 0 Å². The summed E-state index contributed by atoms with van der Waals surface area (Å²) in [4.78, 5) is 5.58. The van der Waals surface area contributed by atoms with Crippen molar-refractivity contribution in [1.29, 1.82) is 0 Å². The molecule has 2 heterocycles. The van der Waals surface area contributed by atoms with Gasteiger partial charge < -0.3 is 9.88 Å². The molecule has 0 atom stereocenters. The third-order valence-electron chi connectivity index (χ3n) is 4.15. The summed E-state index contributed by atoms with van der Waals surface area (Å²) >= 11 is 0. The summed E-state index contributed by atoms with van der Waals surface area (Å²) in [5, 5.41) is 1.20. The maximum Gasteiger partial charge on any atom is 0.135 e. The molecule has 0 unspecified atom stereocenters. The van der Waals surface area contributed by atoms with Crippen LogP contribution in [0.15, 0.2) is 48.5 Å². The van der Waals surface area contributed by atoms with Gasteiger partial charge in [0.25, 0.3) is 0 Å². The molecule has 106 valence electrons. The molecule has 3 heteroatoms. The standard InChI is InChI=1S/C18H17FN2/c1-12-6-7-18(21-10-14(19)11-21)15(8-12)17-9-13-4-2-3-5-16(13)20-17/h2-9,14,20H,10-11H2,1H3. The van der Waals surface area contributed by atoms with E-state index in [1.807, 2.05) is 12.1 Å². The number of anilines is 1. The van der Waals surface area contributed by atoms with Gasteiger partial charge in [0, 0.05) is 27.8 Å². The number of halogens is 1. The van der Waals surface area contributed by atoms with Crippen LogP contribution in [0.25, 0.3) is 22.2 Å². The van der Waals surface area contributed by atoms with Crippen LogP contribution in [0.4, 0.5) is 10.1 Å². The van der Waals surface area contributed by atoms with Crippen LogP contribution in [-0.2, 0) is 0 Å². The van der Waals surface area contributed by atoms with Crippen molar-refractivity contribution in [3.8, 4) is 11.3 Å². The minimum atomic E-state index is -0.693. The smallest absolute Gasteiger partial charge is 0.135 e. The molecule has 0 bridgehead atoms. The first-order chi connectivity index (χ1) is 10.2. The summed E-state index contributed by atoms with van der Waals surface area (Å²) in [5.41, 5.74) is 5.70. The number of hydrogen-bond donors (Lipinski definition) is 1. The largest absolute Gasteiger partial charge is 0.365 e. The topological polar surface area (TPSA) is 19.0 Å². The van der Waals surface area contributed by atoms with Gasteiger partial charge in [0.2, 0.25) is 0 Å². The third kappa shape index (κ3) is 2.09. The lowest BCUT2D eigenvalue weighted by Gasteiger charge is -2.37. The molecule has 1 aromatic heterocycles. The van der Waals surface area contributed by atoms with Crippen LogP contribution in [0.1, 0.15) is 5.56 Å². The number of aromatic amines is 1. The van der Waals surface area contributed by atoms with Gasteiger partial charge in [-0.15, -0.1) is 0 Å². The molecule has 1 fully saturated rings. The predicted molar refractivity (Wildman–Crippen MR) is 85.6 cm³/mol. The molecule has 2 nitrogen and oxygen atoms in total. The van der Waals surface area contributed by atoms with E-state index in [0.717, 1.165) is 22.5 Å². The van der Waals surface area contributed by atoms with E-state index >= 15 is 0 Å². The fraction of sp³-hybridized carbons (Fsp3) is 0.222. The SMILES string of the molecule is Cc1ccc(N2CC(F)C2)c(-c2cc3ccccc3[nH]2)c1. The fourth-order valence-electron chi connectivity index (χ4n) is 2.98. The minimum Gasteiger partial charge on any atom is -0.365 e. The number of fused-ring (bicyclic) bond motifs is 1. The number of aryl methyl sites for hydroxylation is 1. The molecule has 1 saturated heterocycles. The van der Waals surface area contributed by atoms with Gasteiger partial charge in [-0.25, -0.2) is 4.39 Å². The Hall–Kier alpha value is -2.29. The zero-order valence-corrected chi connectivity index (χ0v) is 11.9. The number of nitrogens with one attached hydrogen (secondary N) is 1. The van der Waals surface area contributed by atoms with Crippen LogP contribution < -0.4 is 4.90 Å². The molecule has 0 saturated carbocycles. The summed E-state index contributed by atoms with van der Waals surface area (Å²) < 4.78 is 13.2. The van der Waals surface area contributed by atoms with Crippen molar-refractivity contribution in [2.24, 2.45) is 0 Å². The Balaban J connectivity index is 1.84. The van der Waals surface area contributed by atoms with E-state index < -0.39 is 6.17 Å². The monoisotopic (exact) mass is 280 g/mol. The second kappa shape index (κ2) is 4.62. The molecule has 2 aromatic carbocycles. The maximum atomic E-state index is 13.2. The Morgan fingerprint density at radius 1 is 1.10 bits per heavy atom. The second-order valence-corrected chi connectivity index (χ2v) is 5.79. The molecule has 0 amide bonds. The van der Waals surface area contributed by atoms with Crippen LogP contribution >= 0.6 is 0 Å². The Labute approximate surface area is 123 Å². The number of alkyl halides is 1. The van der Waals surface area contributed by atoms with Crippen LogP contribution in [0.5, 0.6) is 0 Å². The Kier molecular flexibility index (Phi) is 2.74. The summed E-state index contributed by atoms with van der Waals surface area (Å²) in [6.45, 7) is 3.08. The molecule has 0 spiro atoms. The van der Waals surface area contributed by atoms with Crippen molar-refractivity contribution in [3.05, 3.63) is 54.1 Å². The minimum absolute atomic E-state index is 0.496. The highest BCUT2D eigenvalue weighted by Gasteiger charge is 2.28. The number of aromatic nitrogens is 1. The Bertz CT molecular complexity index is 767. The van der Waals surface area contributed by atoms with Crippen molar-refractivity contribution in [2.75, 3.05) is 18.0 Å². The highest BCUT2D eigenvalue weighted by atomic mass is 19.1. The molecule has 0 aliphatic carbocycles. The van der Waals surface area contributed by atoms with Crippen molar-refractivity contribution < 1.29 is 4.39 Å². The summed E-state index contributed by atoms with van der Waals surface area (Å²) in [7, 11) is 0. The Morgan fingerprint density at radius 2 is 1.90 bits per heavy atom. The van der Waals surface area contributed by atoms with Crippen molar-refractivity contribution in [2.45, 2.75) is 13.1 Å². The van der Waals surface area contributed by atoms with Crippen LogP contribution in [0.2, 0.25) is 0 Å². The van der Waals surface area contributed by atoms with Crippen molar-refractivity contribution in [1.82, 2.24) is 4.98 Å². The van der Waals surface area contributed by atoms with Gasteiger partial charge in [-0.05, 0) is 31.2 Å². The molecule has 3 aromatic rings. The van der Waals surface area contributed by atoms with Gasteiger partial charge in [0.05, 0.1) is 13.1 Å². The maximum absolute atomic E-state index is 13.2. The van der Waals surface area contributed by atoms with Gasteiger partial charge in [0.1, 0.15) is 6.17 Å². The molecule has 1 aliphatic heterocycles. The average Bonchev–Trinajstić information content (AvgIpc) is 2.88. The van der Waals surface area contributed by atoms with Crippen molar-refractivity contribution >= 4 is 16.6 Å². The number of H-pyrrole nitrogens is 1. The van der Waals surface area contributed by atoms with Gasteiger partial charge in [-0.3, -0.25) is 0 Å². The molecular formula is C18H17FN2. The van der Waals surface area contributed by atoms with Crippen molar-refractivity contribution in [3.63, 3.8) is 0 Å². The number of nitrogens with zero attached hydrogens (tertiary/aromatic N) is 1. The summed E-state index contributed by atoms with van der Waals surface area (Å²) in [5.74, 6) is 0. The Morgan fingerprint density at radius 3 is 2.67 bits per heavy atom. The molecular weight excluding hydrogens is 263 g/mol. The predicted octanol–water partition coefficient (Wildman–Crippen LogP) is 4.30. The number of rotatable bonds is 2. The first-order valence-corrected chi connectivity index (χ1v) is 7.28. The second-order valence-electron chi connectivity index (χ2n) is 5.79. The lowest BCUT2D eigenvalue weighted by atomic mass is 10.0. The van der Waals surface area contributed by atoms with E-state index in [9.17, 15) is 4.39 Å². The highest BCUT2D eigenvalue weighted by molar-refractivity contribution is 5.89. The molecule has 1 aliphatic rings. The highest BCUT2D eigenvalue weighted by Crippen LogP contribution is 2.35. The number of benzene rings is 2. The number of hydrogen-bond acceptors (Lipinski definition) is 1. The fourth-order valence-corrected chi connectivity index (χ4v) is 2.98. The normalized spacial score (nSPS) is 15.4. The summed E-state index contributed by atoms with van der Waals surface area (Å²) in [6, 6.07) is 16.8. The van der Waals surface area contributed by atoms with Crippen LogP contribution in [-0.4, -0.2) is 24.2 Å². The van der Waals surface area contributed by atoms with E-state index in [0.29, 0.717) is 13.1 Å². The van der Waals surface area contributed by atoms with Gasteiger partial charge in [0.15, 0.2) is 0 Å². The van der Waals surface area contributed by atoms with Gasteiger partial charge in [-0.2, -0.15) is 0 Å². The first kappa shape index (κ1) is 12.5. The van der Waals surface area contributed by atoms with E-state index in [1.54, 1.807) is 0 Å². The van der Waals surface area contributed by atoms with Gasteiger partial charge >= 0.3 is 0 Å². The van der Waals surface area contributed by atoms with E-state index in [2.05, 4.69) is 53.2 Å². The van der Waals surface area contributed by atoms with E-state index in [-0.39, 0.29) is 0 Å². The first-order valence-electron chi connectivity index (χ1n) is 7.28. The van der Waals surface area contributed by atoms with E-state index in [4.69, 9.17) is 0 Å². The molecule has 21 heavy (non-hydrogen) atoms. The average molecular weight is 280 g/mol. The number of para-hydroxylation sites is 1. The summed E-state index contributed by atoms with van der Waals surface area (Å²) in [6.07, 6.45) is -0.693. The zero-order chi connectivity index (χ0) is 14.4. The van der Waals surface area contributed by atoms with Gasteiger partial charge in [-0.1, -0.05) is 29.8 Å².